The van der Waals surface area contributed by atoms with Crippen LogP contribution in [0.15, 0.2) is 4.52 Å². The highest BCUT2D eigenvalue weighted by Crippen LogP contribution is 2.32. The molecule has 6 nitrogen and oxygen atoms in total. The lowest BCUT2D eigenvalue weighted by Crippen LogP contribution is -2.25. The summed E-state index contributed by atoms with van der Waals surface area (Å²) in [6.45, 7) is 0.598. The van der Waals surface area contributed by atoms with E-state index < -0.39 is 0 Å². The normalized spacial score (nSPS) is 15.8. The molecule has 0 unspecified atom stereocenters. The van der Waals surface area contributed by atoms with Gasteiger partial charge in [-0.05, 0) is 19.3 Å². The summed E-state index contributed by atoms with van der Waals surface area (Å²) in [5, 5.41) is 15.3. The van der Waals surface area contributed by atoms with Gasteiger partial charge in [0.25, 0.3) is 0 Å². The molecule has 1 aromatic rings. The van der Waals surface area contributed by atoms with Crippen LogP contribution in [0.5, 0.6) is 0 Å². The van der Waals surface area contributed by atoms with E-state index in [1.807, 2.05) is 0 Å². The molecule has 1 fully saturated rings. The number of amides is 1. The average molecular weight is 267 g/mol. The summed E-state index contributed by atoms with van der Waals surface area (Å²) >= 11 is 0. The van der Waals surface area contributed by atoms with Gasteiger partial charge in [0.2, 0.25) is 11.8 Å². The Morgan fingerprint density at radius 1 is 1.42 bits per heavy atom. The van der Waals surface area contributed by atoms with Gasteiger partial charge in [-0.25, -0.2) is 0 Å². The van der Waals surface area contributed by atoms with Crippen LogP contribution in [0.4, 0.5) is 0 Å². The topological polar surface area (TPSA) is 88.2 Å². The fourth-order valence-corrected chi connectivity index (χ4v) is 2.34. The Kier molecular flexibility index (Phi) is 5.32. The Hall–Kier alpha value is -1.43. The van der Waals surface area contributed by atoms with E-state index in [2.05, 4.69) is 15.5 Å². The number of aliphatic hydroxyl groups is 1. The maximum absolute atomic E-state index is 11.5. The molecule has 1 amide bonds. The molecule has 1 aliphatic rings. The Bertz CT molecular complexity index is 400. The molecule has 0 atom stereocenters. The third-order valence-electron chi connectivity index (χ3n) is 3.43. The fraction of sp³-hybridized carbons (Fsp3) is 0.769. The van der Waals surface area contributed by atoms with Crippen molar-refractivity contribution in [2.75, 3.05) is 13.2 Å². The van der Waals surface area contributed by atoms with Crippen LogP contribution in [0, 0.1) is 0 Å². The lowest BCUT2D eigenvalue weighted by Gasteiger charge is -2.01. The van der Waals surface area contributed by atoms with E-state index in [-0.39, 0.29) is 12.5 Å². The Labute approximate surface area is 112 Å². The summed E-state index contributed by atoms with van der Waals surface area (Å²) in [7, 11) is 0. The summed E-state index contributed by atoms with van der Waals surface area (Å²) in [6.07, 6.45) is 6.16. The molecule has 0 bridgehead atoms. The van der Waals surface area contributed by atoms with Gasteiger partial charge in [0, 0.05) is 31.9 Å². The first-order chi connectivity index (χ1) is 9.29. The lowest BCUT2D eigenvalue weighted by atomic mass is 10.1. The summed E-state index contributed by atoms with van der Waals surface area (Å²) < 4.78 is 5.17. The van der Waals surface area contributed by atoms with E-state index in [1.165, 1.54) is 12.8 Å². The molecule has 0 saturated heterocycles. The number of hydrogen-bond acceptors (Lipinski definition) is 5. The lowest BCUT2D eigenvalue weighted by molar-refractivity contribution is -0.121. The monoisotopic (exact) mass is 267 g/mol. The number of carbonyl (C=O) groups excluding carboxylic acids is 1. The van der Waals surface area contributed by atoms with Crippen molar-refractivity contribution < 1.29 is 14.4 Å². The molecule has 19 heavy (non-hydrogen) atoms. The molecular weight excluding hydrogens is 246 g/mol. The van der Waals surface area contributed by atoms with E-state index >= 15 is 0 Å². The number of hydrogen-bond donors (Lipinski definition) is 2. The molecule has 0 aliphatic heterocycles. The van der Waals surface area contributed by atoms with E-state index in [0.717, 1.165) is 18.7 Å². The summed E-state index contributed by atoms with van der Waals surface area (Å²) in [4.78, 5) is 15.8. The molecule has 0 spiro atoms. The summed E-state index contributed by atoms with van der Waals surface area (Å²) in [6, 6.07) is 0. The van der Waals surface area contributed by atoms with Gasteiger partial charge in [-0.15, -0.1) is 0 Å². The molecule has 2 N–H and O–H groups in total. The summed E-state index contributed by atoms with van der Waals surface area (Å²) in [5.41, 5.74) is 0. The minimum atomic E-state index is -0.0472. The zero-order valence-corrected chi connectivity index (χ0v) is 11.1. The van der Waals surface area contributed by atoms with Crippen molar-refractivity contribution in [1.82, 2.24) is 15.5 Å². The number of nitrogens with one attached hydrogen (secondary N) is 1. The van der Waals surface area contributed by atoms with Crippen LogP contribution in [0.25, 0.3) is 0 Å². The van der Waals surface area contributed by atoms with Crippen LogP contribution in [0.2, 0.25) is 0 Å². The Morgan fingerprint density at radius 3 is 2.95 bits per heavy atom. The minimum absolute atomic E-state index is 0.0472. The van der Waals surface area contributed by atoms with Crippen molar-refractivity contribution in [3.8, 4) is 0 Å². The van der Waals surface area contributed by atoms with Crippen LogP contribution in [0.3, 0.4) is 0 Å². The van der Waals surface area contributed by atoms with Gasteiger partial charge in [0.1, 0.15) is 0 Å². The third kappa shape index (κ3) is 4.31. The highest BCUT2D eigenvalue weighted by atomic mass is 16.5. The number of rotatable bonds is 7. The highest BCUT2D eigenvalue weighted by Gasteiger charge is 2.22. The molecular formula is C13H21N3O3. The van der Waals surface area contributed by atoms with Gasteiger partial charge in [-0.2, -0.15) is 4.98 Å². The van der Waals surface area contributed by atoms with Gasteiger partial charge in [-0.3, -0.25) is 4.79 Å². The predicted octanol–water partition coefficient (Wildman–Crippen LogP) is 1.16. The molecule has 6 heteroatoms. The average Bonchev–Trinajstić information content (AvgIpc) is 3.07. The van der Waals surface area contributed by atoms with Crippen molar-refractivity contribution in [2.24, 2.45) is 0 Å². The first-order valence-electron chi connectivity index (χ1n) is 6.99. The number of aryl methyl sites for hydroxylation is 1. The minimum Gasteiger partial charge on any atom is -0.396 e. The second-order valence-electron chi connectivity index (χ2n) is 4.95. The zero-order chi connectivity index (χ0) is 13.5. The first-order valence-corrected chi connectivity index (χ1v) is 6.99. The Balaban J connectivity index is 1.72. The van der Waals surface area contributed by atoms with Crippen molar-refractivity contribution in [3.05, 3.63) is 11.7 Å². The molecule has 2 rings (SSSR count). The summed E-state index contributed by atoms with van der Waals surface area (Å²) in [5.74, 6) is 1.73. The van der Waals surface area contributed by atoms with E-state index in [0.29, 0.717) is 37.6 Å². The molecule has 106 valence electrons. The predicted molar refractivity (Wildman–Crippen MR) is 68.5 cm³/mol. The largest absolute Gasteiger partial charge is 0.396 e. The number of carbonyl (C=O) groups is 1. The van der Waals surface area contributed by atoms with Crippen molar-refractivity contribution in [3.63, 3.8) is 0 Å². The van der Waals surface area contributed by atoms with Crippen molar-refractivity contribution >= 4 is 5.91 Å². The SMILES string of the molecule is O=C(CCc1nc(C2CCCC2)no1)NCCCO. The molecule has 0 radical (unpaired) electrons. The van der Waals surface area contributed by atoms with Gasteiger partial charge < -0.3 is 14.9 Å². The van der Waals surface area contributed by atoms with E-state index in [9.17, 15) is 4.79 Å². The second kappa shape index (κ2) is 7.23. The number of aromatic nitrogens is 2. The van der Waals surface area contributed by atoms with Crippen LogP contribution >= 0.6 is 0 Å². The fourth-order valence-electron chi connectivity index (χ4n) is 2.34. The van der Waals surface area contributed by atoms with E-state index in [4.69, 9.17) is 9.63 Å². The van der Waals surface area contributed by atoms with Crippen molar-refractivity contribution in [2.45, 2.75) is 50.9 Å². The third-order valence-corrected chi connectivity index (χ3v) is 3.43. The zero-order valence-electron chi connectivity index (χ0n) is 11.1. The second-order valence-corrected chi connectivity index (χ2v) is 4.95. The maximum Gasteiger partial charge on any atom is 0.227 e. The van der Waals surface area contributed by atoms with Crippen LogP contribution in [-0.4, -0.2) is 34.3 Å². The number of aliphatic hydroxyl groups excluding tert-OH is 1. The van der Waals surface area contributed by atoms with Gasteiger partial charge in [0.15, 0.2) is 5.82 Å². The van der Waals surface area contributed by atoms with Gasteiger partial charge in [0.05, 0.1) is 0 Å². The molecule has 1 aliphatic carbocycles. The molecule has 1 heterocycles. The first kappa shape index (κ1) is 14.0. The standard InChI is InChI=1S/C13H21N3O3/c17-9-3-8-14-11(18)6-7-12-15-13(16-19-12)10-4-1-2-5-10/h10,17H,1-9H2,(H,14,18). The highest BCUT2D eigenvalue weighted by molar-refractivity contribution is 5.75. The maximum atomic E-state index is 11.5. The van der Waals surface area contributed by atoms with Gasteiger partial charge >= 0.3 is 0 Å². The smallest absolute Gasteiger partial charge is 0.227 e. The van der Waals surface area contributed by atoms with Crippen LogP contribution in [-0.2, 0) is 11.2 Å². The van der Waals surface area contributed by atoms with Crippen LogP contribution in [0.1, 0.15) is 56.2 Å². The molecule has 0 aromatic carbocycles. The quantitative estimate of drug-likeness (QED) is 0.724. The number of nitrogens with zero attached hydrogens (tertiary/aromatic N) is 2. The van der Waals surface area contributed by atoms with Gasteiger partial charge in [-0.1, -0.05) is 18.0 Å². The molecule has 1 aromatic heterocycles. The van der Waals surface area contributed by atoms with E-state index in [1.54, 1.807) is 0 Å². The Morgan fingerprint density at radius 2 is 2.21 bits per heavy atom. The van der Waals surface area contributed by atoms with Crippen molar-refractivity contribution in [1.29, 1.82) is 0 Å². The van der Waals surface area contributed by atoms with Crippen LogP contribution < -0.4 is 5.32 Å². The molecule has 1 saturated carbocycles.